The number of hydrogen-bond acceptors (Lipinski definition) is 3. The van der Waals surface area contributed by atoms with E-state index in [2.05, 4.69) is 21.6 Å². The van der Waals surface area contributed by atoms with Crippen LogP contribution in [0.2, 0.25) is 0 Å². The van der Waals surface area contributed by atoms with Crippen molar-refractivity contribution in [2.45, 2.75) is 39.4 Å². The molecule has 2 aromatic heterocycles. The van der Waals surface area contributed by atoms with Gasteiger partial charge in [0.25, 0.3) is 0 Å². The highest BCUT2D eigenvalue weighted by Crippen LogP contribution is 2.12. The molecule has 17 heavy (non-hydrogen) atoms. The van der Waals surface area contributed by atoms with E-state index >= 15 is 0 Å². The quantitative estimate of drug-likeness (QED) is 0.851. The molecule has 0 aliphatic rings. The Hall–Kier alpha value is -1.62. The van der Waals surface area contributed by atoms with E-state index < -0.39 is 0 Å². The first-order valence-electron chi connectivity index (χ1n) is 5.95. The lowest BCUT2D eigenvalue weighted by atomic mass is 10.2. The average Bonchev–Trinajstić information content (AvgIpc) is 2.94. The summed E-state index contributed by atoms with van der Waals surface area (Å²) < 4.78 is 4.04. The Labute approximate surface area is 101 Å². The van der Waals surface area contributed by atoms with Gasteiger partial charge in [0.2, 0.25) is 0 Å². The largest absolute Gasteiger partial charge is 0.331 e. The van der Waals surface area contributed by atoms with Crippen molar-refractivity contribution in [3.05, 3.63) is 36.2 Å². The highest BCUT2D eigenvalue weighted by atomic mass is 15.3. The van der Waals surface area contributed by atoms with Crippen LogP contribution in [0.1, 0.15) is 30.6 Å². The summed E-state index contributed by atoms with van der Waals surface area (Å²) in [5.41, 5.74) is 8.30. The molecule has 0 aromatic carbocycles. The molecule has 2 rings (SSSR count). The van der Waals surface area contributed by atoms with E-state index in [-0.39, 0.29) is 6.04 Å². The fraction of sp³-hybridized carbons (Fsp3) is 0.500. The van der Waals surface area contributed by atoms with Crippen LogP contribution >= 0.6 is 0 Å². The van der Waals surface area contributed by atoms with Gasteiger partial charge in [-0.3, -0.25) is 4.68 Å². The minimum absolute atomic E-state index is 0.0665. The fourth-order valence-corrected chi connectivity index (χ4v) is 1.84. The zero-order valence-corrected chi connectivity index (χ0v) is 10.4. The van der Waals surface area contributed by atoms with Gasteiger partial charge in [-0.1, -0.05) is 6.92 Å². The summed E-state index contributed by atoms with van der Waals surface area (Å²) >= 11 is 0. The molecule has 2 heterocycles. The van der Waals surface area contributed by atoms with E-state index in [9.17, 15) is 0 Å². The molecule has 0 saturated carbocycles. The lowest BCUT2D eigenvalue weighted by Crippen LogP contribution is -2.16. The molecule has 0 bridgehead atoms. The maximum atomic E-state index is 6.03. The normalized spacial score (nSPS) is 12.9. The second kappa shape index (κ2) is 5.14. The van der Waals surface area contributed by atoms with E-state index in [0.717, 1.165) is 25.2 Å². The molecule has 5 nitrogen and oxygen atoms in total. The van der Waals surface area contributed by atoms with Gasteiger partial charge in [-0.2, -0.15) is 5.10 Å². The Bertz CT molecular complexity index is 471. The minimum Gasteiger partial charge on any atom is -0.331 e. The first-order chi connectivity index (χ1) is 8.20. The van der Waals surface area contributed by atoms with E-state index in [1.165, 1.54) is 5.56 Å². The summed E-state index contributed by atoms with van der Waals surface area (Å²) in [6.45, 7) is 5.82. The highest BCUT2D eigenvalue weighted by molar-refractivity contribution is 5.04. The molecule has 92 valence electrons. The number of nitrogens with zero attached hydrogens (tertiary/aromatic N) is 4. The summed E-state index contributed by atoms with van der Waals surface area (Å²) in [5, 5.41) is 4.26. The van der Waals surface area contributed by atoms with Crippen LogP contribution in [-0.2, 0) is 13.1 Å². The molecule has 0 unspecified atom stereocenters. The molecule has 2 N–H and O–H groups in total. The van der Waals surface area contributed by atoms with Crippen LogP contribution in [0.15, 0.2) is 24.9 Å². The summed E-state index contributed by atoms with van der Waals surface area (Å²) in [6, 6.07) is 0.0665. The Morgan fingerprint density at radius 3 is 2.82 bits per heavy atom. The van der Waals surface area contributed by atoms with Crippen molar-refractivity contribution in [1.29, 1.82) is 0 Å². The third-order valence-corrected chi connectivity index (χ3v) is 2.90. The Kier molecular flexibility index (Phi) is 3.58. The highest BCUT2D eigenvalue weighted by Gasteiger charge is 2.09. The molecule has 0 fully saturated rings. The number of rotatable bonds is 5. The third-order valence-electron chi connectivity index (χ3n) is 2.90. The molecule has 2 aromatic rings. The van der Waals surface area contributed by atoms with Crippen molar-refractivity contribution in [3.8, 4) is 0 Å². The molecule has 0 saturated heterocycles. The van der Waals surface area contributed by atoms with Crippen LogP contribution in [0.5, 0.6) is 0 Å². The van der Waals surface area contributed by atoms with Gasteiger partial charge in [0.05, 0.1) is 24.8 Å². The van der Waals surface area contributed by atoms with Crippen LogP contribution < -0.4 is 5.73 Å². The number of nitrogens with two attached hydrogens (primary N) is 1. The molecule has 0 spiro atoms. The molecular formula is C12H19N5. The summed E-state index contributed by atoms with van der Waals surface area (Å²) in [7, 11) is 0. The molecule has 5 heteroatoms. The van der Waals surface area contributed by atoms with Gasteiger partial charge in [0.1, 0.15) is 0 Å². The average molecular weight is 233 g/mol. The van der Waals surface area contributed by atoms with Crippen molar-refractivity contribution < 1.29 is 0 Å². The van der Waals surface area contributed by atoms with E-state index in [1.54, 1.807) is 0 Å². The molecular weight excluding hydrogens is 214 g/mol. The number of imidazole rings is 1. The predicted molar refractivity (Wildman–Crippen MR) is 66.4 cm³/mol. The van der Waals surface area contributed by atoms with Crippen molar-refractivity contribution in [2.24, 2.45) is 5.73 Å². The van der Waals surface area contributed by atoms with Crippen molar-refractivity contribution >= 4 is 0 Å². The van der Waals surface area contributed by atoms with E-state index in [4.69, 9.17) is 5.73 Å². The van der Waals surface area contributed by atoms with Crippen LogP contribution in [-0.4, -0.2) is 19.3 Å². The third kappa shape index (κ3) is 2.74. The maximum absolute atomic E-state index is 6.03. The SMILES string of the molecule is CC[C@@H](N)c1cncn1CCn1cc(C)cn1. The van der Waals surface area contributed by atoms with Gasteiger partial charge in [-0.25, -0.2) is 4.98 Å². The van der Waals surface area contributed by atoms with E-state index in [1.807, 2.05) is 36.5 Å². The van der Waals surface area contributed by atoms with Crippen molar-refractivity contribution in [3.63, 3.8) is 0 Å². The number of aryl methyl sites for hydroxylation is 3. The zero-order chi connectivity index (χ0) is 12.3. The van der Waals surface area contributed by atoms with Crippen LogP contribution in [0.3, 0.4) is 0 Å². The maximum Gasteiger partial charge on any atom is 0.0949 e. The number of aromatic nitrogens is 4. The second-order valence-corrected chi connectivity index (χ2v) is 4.31. The topological polar surface area (TPSA) is 61.7 Å². The number of hydrogen-bond donors (Lipinski definition) is 1. The first-order valence-corrected chi connectivity index (χ1v) is 5.95. The van der Waals surface area contributed by atoms with Gasteiger partial charge in [0, 0.05) is 25.0 Å². The summed E-state index contributed by atoms with van der Waals surface area (Å²) in [5.74, 6) is 0. The van der Waals surface area contributed by atoms with Gasteiger partial charge in [0.15, 0.2) is 0 Å². The lowest BCUT2D eigenvalue weighted by molar-refractivity contribution is 0.505. The van der Waals surface area contributed by atoms with Crippen LogP contribution in [0, 0.1) is 6.92 Å². The van der Waals surface area contributed by atoms with Crippen molar-refractivity contribution in [2.75, 3.05) is 0 Å². The monoisotopic (exact) mass is 233 g/mol. The van der Waals surface area contributed by atoms with Crippen molar-refractivity contribution in [1.82, 2.24) is 19.3 Å². The van der Waals surface area contributed by atoms with Gasteiger partial charge in [-0.15, -0.1) is 0 Å². The smallest absolute Gasteiger partial charge is 0.0949 e. The molecule has 1 atom stereocenters. The zero-order valence-electron chi connectivity index (χ0n) is 10.4. The molecule has 0 amide bonds. The van der Waals surface area contributed by atoms with Gasteiger partial charge >= 0.3 is 0 Å². The summed E-state index contributed by atoms with van der Waals surface area (Å²) in [6.07, 6.45) is 8.51. The predicted octanol–water partition coefficient (Wildman–Crippen LogP) is 1.50. The van der Waals surface area contributed by atoms with Crippen LogP contribution in [0.25, 0.3) is 0 Å². The molecule has 0 radical (unpaired) electrons. The second-order valence-electron chi connectivity index (χ2n) is 4.31. The van der Waals surface area contributed by atoms with Crippen LogP contribution in [0.4, 0.5) is 0 Å². The van der Waals surface area contributed by atoms with Gasteiger partial charge in [-0.05, 0) is 18.9 Å². The fourth-order valence-electron chi connectivity index (χ4n) is 1.84. The molecule has 0 aliphatic carbocycles. The Morgan fingerprint density at radius 2 is 2.18 bits per heavy atom. The minimum atomic E-state index is 0.0665. The van der Waals surface area contributed by atoms with E-state index in [0.29, 0.717) is 0 Å². The Balaban J connectivity index is 2.01. The standard InChI is InChI=1S/C12H19N5/c1-3-11(13)12-7-14-9-16(12)4-5-17-8-10(2)6-15-17/h6-9,11H,3-5,13H2,1-2H3/t11-/m1/s1. The molecule has 0 aliphatic heterocycles. The summed E-state index contributed by atoms with van der Waals surface area (Å²) in [4.78, 5) is 4.16. The van der Waals surface area contributed by atoms with Gasteiger partial charge < -0.3 is 10.3 Å². The Morgan fingerprint density at radius 1 is 1.35 bits per heavy atom. The lowest BCUT2D eigenvalue weighted by Gasteiger charge is -2.12. The first kappa shape index (κ1) is 11.9.